The largest absolute Gasteiger partial charge is 0.458 e. The number of aliphatic hydroxyl groups is 3. The highest BCUT2D eigenvalue weighted by atomic mass is 17.2. The topological polar surface area (TPSA) is 175 Å². The van der Waals surface area contributed by atoms with Crippen LogP contribution in [0.2, 0.25) is 0 Å². The van der Waals surface area contributed by atoms with E-state index in [0.717, 1.165) is 0 Å². The van der Waals surface area contributed by atoms with Crippen molar-refractivity contribution < 1.29 is 58.5 Å². The highest BCUT2D eigenvalue weighted by Crippen LogP contribution is 2.74. The van der Waals surface area contributed by atoms with Gasteiger partial charge in [0.1, 0.15) is 6.10 Å². The van der Waals surface area contributed by atoms with Gasteiger partial charge in [0.05, 0.1) is 23.4 Å². The summed E-state index contributed by atoms with van der Waals surface area (Å²) < 4.78 is 18.1. The summed E-state index contributed by atoms with van der Waals surface area (Å²) in [5.41, 5.74) is -10.4. The van der Waals surface area contributed by atoms with Crippen LogP contribution in [0.4, 0.5) is 0 Å². The van der Waals surface area contributed by atoms with Crippen molar-refractivity contribution >= 4 is 23.5 Å². The Labute approximate surface area is 228 Å². The molecule has 2 spiro atoms. The van der Waals surface area contributed by atoms with Crippen molar-refractivity contribution in [2.24, 2.45) is 34.5 Å². The molecule has 4 unspecified atom stereocenters. The number of carbonyl (C=O) groups is 4. The van der Waals surface area contributed by atoms with E-state index in [9.17, 15) is 34.5 Å². The molecule has 216 valence electrons. The van der Waals surface area contributed by atoms with Crippen molar-refractivity contribution in [1.29, 1.82) is 0 Å². The van der Waals surface area contributed by atoms with E-state index < -0.39 is 98.4 Å². The van der Waals surface area contributed by atoms with Gasteiger partial charge < -0.3 is 34.4 Å². The van der Waals surface area contributed by atoms with E-state index >= 15 is 0 Å². The third-order valence-electron chi connectivity index (χ3n) is 12.8. The normalized spacial score (nSPS) is 60.8. The molecule has 3 aliphatic carbocycles. The van der Waals surface area contributed by atoms with Crippen LogP contribution < -0.4 is 0 Å². The van der Waals surface area contributed by atoms with Crippen LogP contribution in [-0.2, 0) is 43.2 Å². The fourth-order valence-electron chi connectivity index (χ4n) is 10.4. The summed E-state index contributed by atoms with van der Waals surface area (Å²) in [6.07, 6.45) is -0.935. The number of rotatable bonds is 0. The minimum absolute atomic E-state index is 0.00381. The molecule has 5 saturated heterocycles. The zero-order chi connectivity index (χ0) is 28.6. The lowest BCUT2D eigenvalue weighted by molar-refractivity contribution is -0.425. The highest BCUT2D eigenvalue weighted by Gasteiger charge is 2.92. The molecule has 9 rings (SSSR count). The van der Waals surface area contributed by atoms with E-state index in [1.807, 2.05) is 0 Å². The van der Waals surface area contributed by atoms with E-state index in [0.29, 0.717) is 0 Å². The van der Waals surface area contributed by atoms with Gasteiger partial charge in [0.15, 0.2) is 28.2 Å². The average Bonchev–Trinajstić information content (AvgIpc) is 3.26. The molecule has 7 fully saturated rings. The Morgan fingerprint density at radius 2 is 1.77 bits per heavy atom. The molecule has 3 N–H and O–H groups in total. The monoisotopic (exact) mass is 560 g/mol. The Bertz CT molecular complexity index is 1370. The van der Waals surface area contributed by atoms with Crippen LogP contribution in [0.1, 0.15) is 59.8 Å². The van der Waals surface area contributed by atoms with E-state index in [2.05, 4.69) is 0 Å². The Morgan fingerprint density at radius 1 is 1.05 bits per heavy atom. The van der Waals surface area contributed by atoms with Crippen molar-refractivity contribution in [3.05, 3.63) is 11.8 Å². The summed E-state index contributed by atoms with van der Waals surface area (Å²) in [6.45, 7) is 6.43. The molecule has 2 saturated carbocycles. The van der Waals surface area contributed by atoms with Crippen LogP contribution in [0.5, 0.6) is 0 Å². The van der Waals surface area contributed by atoms with E-state index in [1.165, 1.54) is 6.92 Å². The second kappa shape index (κ2) is 6.64. The van der Waals surface area contributed by atoms with E-state index in [4.69, 9.17) is 24.0 Å². The molecule has 12 nitrogen and oxygen atoms in total. The molecule has 6 heterocycles. The Hall–Kier alpha value is -2.38. The van der Waals surface area contributed by atoms with Crippen LogP contribution in [0.25, 0.3) is 0 Å². The maximum atomic E-state index is 14.7. The minimum atomic E-state index is -2.62. The number of allylic oxidation sites excluding steroid dienone is 1. The summed E-state index contributed by atoms with van der Waals surface area (Å²) in [6, 6.07) is 0. The second-order valence-corrected chi connectivity index (χ2v) is 13.9. The lowest BCUT2D eigenvalue weighted by Gasteiger charge is -2.64. The van der Waals surface area contributed by atoms with Gasteiger partial charge in [0.25, 0.3) is 0 Å². The molecule has 6 aliphatic heterocycles. The summed E-state index contributed by atoms with van der Waals surface area (Å²) in [5, 5.41) is 36.4. The van der Waals surface area contributed by atoms with Crippen molar-refractivity contribution in [1.82, 2.24) is 0 Å². The molecule has 0 radical (unpaired) electrons. The second-order valence-electron chi connectivity index (χ2n) is 13.9. The number of fused-ring (bicyclic) bond motifs is 9. The summed E-state index contributed by atoms with van der Waals surface area (Å²) in [7, 11) is 0. The number of ketones is 2. The van der Waals surface area contributed by atoms with E-state index in [1.54, 1.807) is 26.8 Å². The number of aliphatic hydroxyl groups excluding tert-OH is 1. The molecule has 6 bridgehead atoms. The molecule has 9 aliphatic rings. The van der Waals surface area contributed by atoms with Crippen molar-refractivity contribution in [2.75, 3.05) is 0 Å². The number of hydrogen-bond acceptors (Lipinski definition) is 12. The lowest BCUT2D eigenvalue weighted by Crippen LogP contribution is -2.78. The predicted octanol–water partition coefficient (Wildman–Crippen LogP) is 0.00180. The van der Waals surface area contributed by atoms with Gasteiger partial charge >= 0.3 is 11.9 Å². The smallest absolute Gasteiger partial charge is 0.342 e. The highest BCUT2D eigenvalue weighted by molar-refractivity contribution is 6.02. The molecular weight excluding hydrogens is 528 g/mol. The van der Waals surface area contributed by atoms with Crippen LogP contribution in [-0.4, -0.2) is 79.2 Å². The van der Waals surface area contributed by atoms with Gasteiger partial charge in [-0.15, -0.1) is 0 Å². The van der Waals surface area contributed by atoms with Crippen molar-refractivity contribution in [2.45, 2.75) is 100 Å². The van der Waals surface area contributed by atoms with Gasteiger partial charge in [-0.3, -0.25) is 14.4 Å². The lowest BCUT2D eigenvalue weighted by atomic mass is 9.46. The molecule has 12 heteroatoms. The molecule has 40 heavy (non-hydrogen) atoms. The maximum Gasteiger partial charge on any atom is 0.342 e. The summed E-state index contributed by atoms with van der Waals surface area (Å²) in [5.74, 6) is -9.66. The Morgan fingerprint density at radius 3 is 2.45 bits per heavy atom. The first-order valence-electron chi connectivity index (χ1n) is 14.0. The molecule has 0 aromatic heterocycles. The van der Waals surface area contributed by atoms with Gasteiger partial charge in [-0.1, -0.05) is 13.8 Å². The fraction of sp³-hybridized carbons (Fsp3) is 0.786. The van der Waals surface area contributed by atoms with Crippen LogP contribution >= 0.6 is 0 Å². The first-order chi connectivity index (χ1) is 18.6. The summed E-state index contributed by atoms with van der Waals surface area (Å²) in [4.78, 5) is 66.2. The van der Waals surface area contributed by atoms with Gasteiger partial charge in [0.2, 0.25) is 17.3 Å². The zero-order valence-corrected chi connectivity index (χ0v) is 22.6. The Kier molecular flexibility index (Phi) is 4.21. The maximum absolute atomic E-state index is 14.7. The van der Waals surface area contributed by atoms with Crippen molar-refractivity contribution in [3.8, 4) is 0 Å². The zero-order valence-electron chi connectivity index (χ0n) is 22.6. The Balaban J connectivity index is 1.38. The SMILES string of the molecule is C[C@H]1C(=O)O[C@@H]2C[C@@]1(C)C1C(=O)C3(O)O[C@@]14[C@@](O)(CCC1C3C[C@@H](O)[C@@]35CC=C(OO3)C(=O)[C@]15C)C(=O)O[C@@]24C. The number of hydrogen-bond donors (Lipinski definition) is 3. The number of Topliss-reactive ketones (excluding diaryl/α,β-unsaturated/α-hetero) is 2. The fourth-order valence-corrected chi connectivity index (χ4v) is 10.4. The van der Waals surface area contributed by atoms with Gasteiger partial charge in [-0.2, -0.15) is 4.89 Å². The van der Waals surface area contributed by atoms with E-state index in [-0.39, 0.29) is 37.9 Å². The predicted molar refractivity (Wildman–Crippen MR) is 126 cm³/mol. The van der Waals surface area contributed by atoms with Gasteiger partial charge in [0, 0.05) is 12.3 Å². The number of ether oxygens (including phenoxy) is 3. The average molecular weight is 561 g/mol. The van der Waals surface area contributed by atoms with Crippen molar-refractivity contribution in [3.63, 3.8) is 0 Å². The molecular formula is C28H32O12. The molecule has 0 aromatic rings. The third kappa shape index (κ3) is 2.10. The van der Waals surface area contributed by atoms with Gasteiger partial charge in [-0.25, -0.2) is 4.79 Å². The summed E-state index contributed by atoms with van der Waals surface area (Å²) >= 11 is 0. The third-order valence-corrected chi connectivity index (χ3v) is 12.8. The van der Waals surface area contributed by atoms with Crippen LogP contribution in [0.15, 0.2) is 11.8 Å². The quantitative estimate of drug-likeness (QED) is 0.268. The molecule has 0 amide bonds. The first kappa shape index (κ1) is 25.3. The standard InChI is InChI=1S/C28H32O12/c1-11-20(32)36-16-10-22(11,2)17-19(31)27(35)13-9-15(29)26-8-6-14(38-40-26)18(30)23(26,3)12(13)5-7-25(34)21(33)37-24(16,4)28(17,25)39-27/h6,11-13,15-17,29,34-35H,5,7-10H2,1-4H3/t11-,12?,13?,15+,16+,17?,22+,23-,24-,25+,26+,27?,28-/m0/s1. The first-order valence-corrected chi connectivity index (χ1v) is 14.0. The van der Waals surface area contributed by atoms with Gasteiger partial charge in [-0.05, 0) is 56.9 Å². The number of carbonyl (C=O) groups excluding carboxylic acids is 4. The van der Waals surface area contributed by atoms with Crippen LogP contribution in [0, 0.1) is 34.5 Å². The number of esters is 2. The minimum Gasteiger partial charge on any atom is -0.458 e. The van der Waals surface area contributed by atoms with Crippen LogP contribution in [0.3, 0.4) is 0 Å². The molecule has 0 aromatic carbocycles. The molecule has 13 atom stereocenters.